The van der Waals surface area contributed by atoms with Gasteiger partial charge in [-0.3, -0.25) is 4.79 Å². The first-order chi connectivity index (χ1) is 7.18. The number of carbonyl (C=O) groups excluding carboxylic acids is 1. The summed E-state index contributed by atoms with van der Waals surface area (Å²) < 4.78 is 0. The Kier molecular flexibility index (Phi) is 4.59. The summed E-state index contributed by atoms with van der Waals surface area (Å²) in [7, 11) is 0. The van der Waals surface area contributed by atoms with E-state index in [1.807, 2.05) is 30.3 Å². The largest absolute Gasteiger partial charge is 0.393 e. The average Bonchev–Trinajstić information content (AvgIpc) is 2.25. The second kappa shape index (κ2) is 6.00. The third-order valence-corrected chi connectivity index (χ3v) is 1.91. The van der Waals surface area contributed by atoms with E-state index in [9.17, 15) is 4.79 Å². The predicted octanol–water partition coefficient (Wildman–Crippen LogP) is 1.77. The Morgan fingerprint density at radius 2 is 2.07 bits per heavy atom. The van der Waals surface area contributed by atoms with E-state index in [-0.39, 0.29) is 5.78 Å². The van der Waals surface area contributed by atoms with Crippen LogP contribution in [0.4, 0.5) is 0 Å². The van der Waals surface area contributed by atoms with E-state index in [2.05, 4.69) is 11.8 Å². The fourth-order valence-electron chi connectivity index (χ4n) is 1.07. The Labute approximate surface area is 89.9 Å². The van der Waals surface area contributed by atoms with Crippen LogP contribution in [-0.2, 0) is 4.79 Å². The highest BCUT2D eigenvalue weighted by atomic mass is 16.3. The normalized spacial score (nSPS) is 11.3. The molecule has 1 N–H and O–H groups in total. The molecule has 0 bridgehead atoms. The fourth-order valence-corrected chi connectivity index (χ4v) is 1.07. The highest BCUT2D eigenvalue weighted by Gasteiger charge is 2.00. The average molecular weight is 202 g/mol. The molecule has 0 aromatic heterocycles. The number of hydrogen-bond acceptors (Lipinski definition) is 2. The van der Waals surface area contributed by atoms with Gasteiger partial charge in [0.25, 0.3) is 0 Å². The molecule has 0 heterocycles. The molecule has 78 valence electrons. The Morgan fingerprint density at radius 1 is 1.40 bits per heavy atom. The number of aliphatic hydroxyl groups is 1. The molecule has 1 aromatic carbocycles. The van der Waals surface area contributed by atoms with Crippen molar-refractivity contribution < 1.29 is 9.90 Å². The number of Topliss-reactive ketones (excluding diaryl/α,β-unsaturated/α-hetero) is 1. The zero-order valence-electron chi connectivity index (χ0n) is 8.73. The van der Waals surface area contributed by atoms with Gasteiger partial charge < -0.3 is 5.11 Å². The topological polar surface area (TPSA) is 37.3 Å². The minimum absolute atomic E-state index is 0.125. The SMILES string of the molecule is CC(O)CCC(=O)C#Cc1ccccc1. The van der Waals surface area contributed by atoms with Gasteiger partial charge in [-0.2, -0.15) is 0 Å². The molecule has 2 heteroatoms. The van der Waals surface area contributed by atoms with Crippen LogP contribution in [0.15, 0.2) is 30.3 Å². The predicted molar refractivity (Wildman–Crippen MR) is 59.2 cm³/mol. The summed E-state index contributed by atoms with van der Waals surface area (Å²) in [5, 5.41) is 8.99. The summed E-state index contributed by atoms with van der Waals surface area (Å²) in [5.74, 6) is 5.22. The van der Waals surface area contributed by atoms with Crippen molar-refractivity contribution in [1.29, 1.82) is 0 Å². The summed E-state index contributed by atoms with van der Waals surface area (Å²) >= 11 is 0. The van der Waals surface area contributed by atoms with Gasteiger partial charge in [0.15, 0.2) is 0 Å². The lowest BCUT2D eigenvalue weighted by molar-refractivity contribution is -0.114. The van der Waals surface area contributed by atoms with Gasteiger partial charge in [-0.1, -0.05) is 24.1 Å². The Morgan fingerprint density at radius 3 is 2.67 bits per heavy atom. The van der Waals surface area contributed by atoms with Crippen LogP contribution in [0.1, 0.15) is 25.3 Å². The smallest absolute Gasteiger partial charge is 0.205 e. The summed E-state index contributed by atoms with van der Waals surface area (Å²) in [6.45, 7) is 1.66. The molecule has 0 radical (unpaired) electrons. The van der Waals surface area contributed by atoms with Crippen LogP contribution >= 0.6 is 0 Å². The molecule has 1 rings (SSSR count). The van der Waals surface area contributed by atoms with Gasteiger partial charge >= 0.3 is 0 Å². The molecule has 1 unspecified atom stereocenters. The minimum Gasteiger partial charge on any atom is -0.393 e. The molecule has 0 fully saturated rings. The summed E-state index contributed by atoms with van der Waals surface area (Å²) in [6, 6.07) is 9.37. The quantitative estimate of drug-likeness (QED) is 0.758. The molecular formula is C13H14O2. The minimum atomic E-state index is -0.438. The highest BCUT2D eigenvalue weighted by Crippen LogP contribution is 1.98. The standard InChI is InChI=1S/C13H14O2/c1-11(14)7-9-13(15)10-8-12-5-3-2-4-6-12/h2-6,11,14H,7,9H2,1H3. The number of aliphatic hydroxyl groups excluding tert-OH is 1. The zero-order chi connectivity index (χ0) is 11.1. The van der Waals surface area contributed by atoms with Crippen molar-refractivity contribution in [2.45, 2.75) is 25.9 Å². The number of rotatable bonds is 3. The maximum atomic E-state index is 11.2. The van der Waals surface area contributed by atoms with Gasteiger partial charge in [-0.15, -0.1) is 0 Å². The molecule has 2 nitrogen and oxygen atoms in total. The maximum absolute atomic E-state index is 11.2. The van der Waals surface area contributed by atoms with E-state index < -0.39 is 6.10 Å². The van der Waals surface area contributed by atoms with E-state index >= 15 is 0 Å². The molecule has 1 aromatic rings. The van der Waals surface area contributed by atoms with Gasteiger partial charge in [-0.25, -0.2) is 0 Å². The van der Waals surface area contributed by atoms with Crippen molar-refractivity contribution in [3.8, 4) is 11.8 Å². The van der Waals surface area contributed by atoms with Crippen LogP contribution in [0.5, 0.6) is 0 Å². The van der Waals surface area contributed by atoms with Crippen LogP contribution in [0.2, 0.25) is 0 Å². The molecule has 0 aliphatic rings. The van der Waals surface area contributed by atoms with Crippen LogP contribution in [0, 0.1) is 11.8 Å². The zero-order valence-corrected chi connectivity index (χ0v) is 8.73. The van der Waals surface area contributed by atoms with Crippen molar-refractivity contribution in [2.24, 2.45) is 0 Å². The van der Waals surface area contributed by atoms with Crippen molar-refractivity contribution in [3.63, 3.8) is 0 Å². The molecule has 0 amide bonds. The van der Waals surface area contributed by atoms with Crippen molar-refractivity contribution in [3.05, 3.63) is 35.9 Å². The Hall–Kier alpha value is -1.59. The first-order valence-electron chi connectivity index (χ1n) is 4.96. The van der Waals surface area contributed by atoms with Crippen LogP contribution in [0.25, 0.3) is 0 Å². The molecule has 15 heavy (non-hydrogen) atoms. The number of hydrogen-bond donors (Lipinski definition) is 1. The molecule has 0 spiro atoms. The van der Waals surface area contributed by atoms with Gasteiger partial charge in [0, 0.05) is 12.0 Å². The van der Waals surface area contributed by atoms with E-state index in [4.69, 9.17) is 5.11 Å². The van der Waals surface area contributed by atoms with Gasteiger partial charge in [0.2, 0.25) is 5.78 Å². The summed E-state index contributed by atoms with van der Waals surface area (Å²) in [6.07, 6.45) is 0.354. The molecule has 1 atom stereocenters. The molecule has 0 saturated carbocycles. The number of ketones is 1. The van der Waals surface area contributed by atoms with Gasteiger partial charge in [-0.05, 0) is 31.4 Å². The van der Waals surface area contributed by atoms with Crippen LogP contribution in [-0.4, -0.2) is 17.0 Å². The van der Waals surface area contributed by atoms with Gasteiger partial charge in [0.1, 0.15) is 0 Å². The third-order valence-electron chi connectivity index (χ3n) is 1.91. The third kappa shape index (κ3) is 4.99. The Bertz CT molecular complexity index is 369. The van der Waals surface area contributed by atoms with Crippen molar-refractivity contribution in [1.82, 2.24) is 0 Å². The van der Waals surface area contributed by atoms with E-state index in [1.54, 1.807) is 6.92 Å². The lowest BCUT2D eigenvalue weighted by Gasteiger charge is -1.98. The first kappa shape index (κ1) is 11.5. The van der Waals surface area contributed by atoms with Crippen molar-refractivity contribution in [2.75, 3.05) is 0 Å². The molecule has 0 aliphatic heterocycles. The second-order valence-corrected chi connectivity index (χ2v) is 3.43. The maximum Gasteiger partial charge on any atom is 0.205 e. The molecule has 0 aliphatic carbocycles. The number of benzene rings is 1. The van der Waals surface area contributed by atoms with E-state index in [0.717, 1.165) is 5.56 Å². The summed E-state index contributed by atoms with van der Waals surface area (Å²) in [4.78, 5) is 11.2. The Balaban J connectivity index is 2.48. The van der Waals surface area contributed by atoms with Crippen LogP contribution in [0.3, 0.4) is 0 Å². The van der Waals surface area contributed by atoms with E-state index in [1.165, 1.54) is 0 Å². The summed E-state index contributed by atoms with van der Waals surface area (Å²) in [5.41, 5.74) is 0.836. The van der Waals surface area contributed by atoms with Gasteiger partial charge in [0.05, 0.1) is 6.10 Å². The lowest BCUT2D eigenvalue weighted by atomic mass is 10.1. The fraction of sp³-hybridized carbons (Fsp3) is 0.308. The first-order valence-corrected chi connectivity index (χ1v) is 4.96. The lowest BCUT2D eigenvalue weighted by Crippen LogP contribution is -2.03. The molecular weight excluding hydrogens is 188 g/mol. The second-order valence-electron chi connectivity index (χ2n) is 3.43. The van der Waals surface area contributed by atoms with E-state index in [0.29, 0.717) is 12.8 Å². The van der Waals surface area contributed by atoms with Crippen molar-refractivity contribution >= 4 is 5.78 Å². The highest BCUT2D eigenvalue weighted by molar-refractivity contribution is 5.95. The molecule has 0 saturated heterocycles. The monoisotopic (exact) mass is 202 g/mol. The van der Waals surface area contributed by atoms with Crippen LogP contribution < -0.4 is 0 Å². The number of carbonyl (C=O) groups is 1.